The number of phenols is 1. The number of aliphatic carboxylic acids is 1. The van der Waals surface area contributed by atoms with Crippen molar-refractivity contribution in [2.45, 2.75) is 32.1 Å². The van der Waals surface area contributed by atoms with Crippen LogP contribution in [-0.4, -0.2) is 22.0 Å². The maximum atomic E-state index is 11.7. The average molecular weight is 236 g/mol. The average Bonchev–Trinajstić information content (AvgIpc) is 2.28. The summed E-state index contributed by atoms with van der Waals surface area (Å²) in [6, 6.07) is 6.45. The lowest BCUT2D eigenvalue weighted by Gasteiger charge is -2.03. The van der Waals surface area contributed by atoms with E-state index in [1.807, 2.05) is 0 Å². The Kier molecular flexibility index (Phi) is 5.20. The number of hydrogen-bond donors (Lipinski definition) is 2. The summed E-state index contributed by atoms with van der Waals surface area (Å²) in [7, 11) is 0. The number of carboxylic acid groups (broad SMARTS) is 1. The van der Waals surface area contributed by atoms with Crippen molar-refractivity contribution in [1.82, 2.24) is 0 Å². The summed E-state index contributed by atoms with van der Waals surface area (Å²) >= 11 is 0. The predicted octanol–water partition coefficient (Wildman–Crippen LogP) is 2.61. The van der Waals surface area contributed by atoms with Gasteiger partial charge in [-0.25, -0.2) is 0 Å². The maximum absolute atomic E-state index is 11.7. The highest BCUT2D eigenvalue weighted by Gasteiger charge is 2.09. The van der Waals surface area contributed by atoms with Crippen LogP contribution in [0.25, 0.3) is 0 Å². The number of para-hydroxylation sites is 1. The minimum Gasteiger partial charge on any atom is -0.507 e. The van der Waals surface area contributed by atoms with Gasteiger partial charge in [0.05, 0.1) is 5.56 Å². The first-order chi connectivity index (χ1) is 8.11. The van der Waals surface area contributed by atoms with E-state index in [0.29, 0.717) is 31.2 Å². The first-order valence-electron chi connectivity index (χ1n) is 5.64. The Morgan fingerprint density at radius 1 is 1.00 bits per heavy atom. The van der Waals surface area contributed by atoms with Gasteiger partial charge in [0.1, 0.15) is 5.75 Å². The molecule has 0 saturated heterocycles. The van der Waals surface area contributed by atoms with Crippen molar-refractivity contribution >= 4 is 11.8 Å². The van der Waals surface area contributed by atoms with E-state index >= 15 is 0 Å². The van der Waals surface area contributed by atoms with Gasteiger partial charge in [-0.2, -0.15) is 0 Å². The molecule has 0 atom stereocenters. The first-order valence-corrected chi connectivity index (χ1v) is 5.64. The number of unbranched alkanes of at least 4 members (excludes halogenated alkanes) is 2. The molecule has 2 N–H and O–H groups in total. The van der Waals surface area contributed by atoms with Gasteiger partial charge >= 0.3 is 5.97 Å². The highest BCUT2D eigenvalue weighted by Crippen LogP contribution is 2.18. The van der Waals surface area contributed by atoms with Crippen LogP contribution in [0.1, 0.15) is 42.5 Å². The van der Waals surface area contributed by atoms with Crippen molar-refractivity contribution in [2.75, 3.05) is 0 Å². The number of hydrogen-bond acceptors (Lipinski definition) is 3. The molecule has 0 aliphatic rings. The molecule has 0 unspecified atom stereocenters. The molecule has 1 aromatic rings. The number of Topliss-reactive ketones (excluding diaryl/α,β-unsaturated/α-hetero) is 1. The van der Waals surface area contributed by atoms with E-state index in [9.17, 15) is 14.7 Å². The number of carbonyl (C=O) groups excluding carboxylic acids is 1. The number of rotatable bonds is 7. The fourth-order valence-corrected chi connectivity index (χ4v) is 1.58. The molecule has 0 radical (unpaired) electrons. The molecule has 4 heteroatoms. The second-order valence-corrected chi connectivity index (χ2v) is 3.89. The van der Waals surface area contributed by atoms with Crippen LogP contribution in [0.3, 0.4) is 0 Å². The van der Waals surface area contributed by atoms with Crippen molar-refractivity contribution in [2.24, 2.45) is 0 Å². The zero-order valence-electron chi connectivity index (χ0n) is 9.56. The summed E-state index contributed by atoms with van der Waals surface area (Å²) in [6.07, 6.45) is 2.44. The first kappa shape index (κ1) is 13.2. The molecule has 0 aliphatic carbocycles. The van der Waals surface area contributed by atoms with Crippen LogP contribution in [0.2, 0.25) is 0 Å². The summed E-state index contributed by atoms with van der Waals surface area (Å²) < 4.78 is 0. The molecule has 0 bridgehead atoms. The van der Waals surface area contributed by atoms with Crippen molar-refractivity contribution in [3.63, 3.8) is 0 Å². The molecule has 0 heterocycles. The number of benzene rings is 1. The summed E-state index contributed by atoms with van der Waals surface area (Å²) in [5.41, 5.74) is 0.339. The van der Waals surface area contributed by atoms with E-state index in [1.165, 1.54) is 6.07 Å². The molecule has 0 spiro atoms. The lowest BCUT2D eigenvalue weighted by atomic mass is 10.0. The van der Waals surface area contributed by atoms with Crippen molar-refractivity contribution < 1.29 is 19.8 Å². The van der Waals surface area contributed by atoms with Gasteiger partial charge < -0.3 is 10.2 Å². The van der Waals surface area contributed by atoms with Crippen molar-refractivity contribution in [3.05, 3.63) is 29.8 Å². The van der Waals surface area contributed by atoms with Crippen LogP contribution in [0.15, 0.2) is 24.3 Å². The topological polar surface area (TPSA) is 74.6 Å². The van der Waals surface area contributed by atoms with Gasteiger partial charge in [-0.15, -0.1) is 0 Å². The molecule has 1 rings (SSSR count). The van der Waals surface area contributed by atoms with Gasteiger partial charge in [-0.1, -0.05) is 18.6 Å². The fraction of sp³-hybridized carbons (Fsp3) is 0.385. The molecule has 0 saturated carbocycles. The van der Waals surface area contributed by atoms with Crippen LogP contribution in [0, 0.1) is 0 Å². The molecule has 0 amide bonds. The van der Waals surface area contributed by atoms with Crippen LogP contribution in [0.5, 0.6) is 5.75 Å². The predicted molar refractivity (Wildman–Crippen MR) is 63.2 cm³/mol. The van der Waals surface area contributed by atoms with Crippen LogP contribution >= 0.6 is 0 Å². The quantitative estimate of drug-likeness (QED) is 0.563. The molecule has 4 nitrogen and oxygen atoms in total. The molecular formula is C13H16O4. The molecule has 1 aromatic carbocycles. The summed E-state index contributed by atoms with van der Waals surface area (Å²) in [5.74, 6) is -0.904. The second-order valence-electron chi connectivity index (χ2n) is 3.89. The molecule has 92 valence electrons. The highest BCUT2D eigenvalue weighted by atomic mass is 16.4. The van der Waals surface area contributed by atoms with Crippen LogP contribution < -0.4 is 0 Å². The van der Waals surface area contributed by atoms with E-state index < -0.39 is 5.97 Å². The Morgan fingerprint density at radius 3 is 2.29 bits per heavy atom. The number of phenolic OH excluding ortho intramolecular Hbond substituents is 1. The Bertz CT molecular complexity index is 398. The summed E-state index contributed by atoms with van der Waals surface area (Å²) in [6.45, 7) is 0. The SMILES string of the molecule is O=C(O)CCCCCC(=O)c1ccccc1O. The highest BCUT2D eigenvalue weighted by molar-refractivity contribution is 5.98. The Morgan fingerprint density at radius 2 is 1.65 bits per heavy atom. The smallest absolute Gasteiger partial charge is 0.303 e. The number of aromatic hydroxyl groups is 1. The van der Waals surface area contributed by atoms with Crippen molar-refractivity contribution in [1.29, 1.82) is 0 Å². The summed E-state index contributed by atoms with van der Waals surface area (Å²) in [4.78, 5) is 21.9. The Labute approximate surface area is 99.9 Å². The normalized spacial score (nSPS) is 10.1. The van der Waals surface area contributed by atoms with Gasteiger partial charge in [0.15, 0.2) is 5.78 Å². The number of carbonyl (C=O) groups is 2. The van der Waals surface area contributed by atoms with E-state index in [4.69, 9.17) is 5.11 Å². The summed E-state index contributed by atoms with van der Waals surface area (Å²) in [5, 5.41) is 17.9. The lowest BCUT2D eigenvalue weighted by Crippen LogP contribution is -2.00. The Hall–Kier alpha value is -1.84. The molecule has 0 aromatic heterocycles. The molecule has 0 aliphatic heterocycles. The van der Waals surface area contributed by atoms with E-state index in [0.717, 1.165) is 0 Å². The van der Waals surface area contributed by atoms with Gasteiger partial charge in [-0.3, -0.25) is 9.59 Å². The van der Waals surface area contributed by atoms with E-state index in [2.05, 4.69) is 0 Å². The van der Waals surface area contributed by atoms with Crippen LogP contribution in [-0.2, 0) is 4.79 Å². The zero-order chi connectivity index (χ0) is 12.7. The molecule has 17 heavy (non-hydrogen) atoms. The minimum atomic E-state index is -0.808. The van der Waals surface area contributed by atoms with Crippen molar-refractivity contribution in [3.8, 4) is 5.75 Å². The van der Waals surface area contributed by atoms with Gasteiger partial charge in [-0.05, 0) is 25.0 Å². The Balaban J connectivity index is 2.31. The monoisotopic (exact) mass is 236 g/mol. The van der Waals surface area contributed by atoms with Crippen LogP contribution in [0.4, 0.5) is 0 Å². The molecular weight excluding hydrogens is 220 g/mol. The largest absolute Gasteiger partial charge is 0.507 e. The van der Waals surface area contributed by atoms with E-state index in [1.54, 1.807) is 18.2 Å². The third kappa shape index (κ3) is 4.68. The third-order valence-corrected chi connectivity index (χ3v) is 2.50. The van der Waals surface area contributed by atoms with Gasteiger partial charge in [0.25, 0.3) is 0 Å². The third-order valence-electron chi connectivity index (χ3n) is 2.50. The zero-order valence-corrected chi connectivity index (χ0v) is 9.56. The van der Waals surface area contributed by atoms with Gasteiger partial charge in [0, 0.05) is 12.8 Å². The maximum Gasteiger partial charge on any atom is 0.303 e. The lowest BCUT2D eigenvalue weighted by molar-refractivity contribution is -0.137. The number of ketones is 1. The molecule has 0 fully saturated rings. The standard InChI is InChI=1S/C13H16O4/c14-11(7-2-1-3-9-13(16)17)10-6-4-5-8-12(10)15/h4-6,8,15H,1-3,7,9H2,(H,16,17). The number of carboxylic acids is 1. The second kappa shape index (κ2) is 6.68. The van der Waals surface area contributed by atoms with E-state index in [-0.39, 0.29) is 18.0 Å². The van der Waals surface area contributed by atoms with Gasteiger partial charge in [0.2, 0.25) is 0 Å². The minimum absolute atomic E-state index is 0.00281. The fourth-order valence-electron chi connectivity index (χ4n) is 1.58.